The van der Waals surface area contributed by atoms with Crippen molar-refractivity contribution < 1.29 is 0 Å². The highest BCUT2D eigenvalue weighted by molar-refractivity contribution is 7.98. The van der Waals surface area contributed by atoms with Gasteiger partial charge in [-0.25, -0.2) is 0 Å². The summed E-state index contributed by atoms with van der Waals surface area (Å²) < 4.78 is 0. The number of nitrogens with one attached hydrogen (secondary N) is 1. The third-order valence-electron chi connectivity index (χ3n) is 3.01. The Kier molecular flexibility index (Phi) is 4.13. The zero-order valence-electron chi connectivity index (χ0n) is 10.1. The Morgan fingerprint density at radius 3 is 3.12 bits per heavy atom. The van der Waals surface area contributed by atoms with Crippen molar-refractivity contribution in [1.29, 1.82) is 0 Å². The van der Waals surface area contributed by atoms with Crippen LogP contribution in [0.2, 0.25) is 0 Å². The van der Waals surface area contributed by atoms with Gasteiger partial charge in [-0.1, -0.05) is 12.1 Å². The third kappa shape index (κ3) is 2.92. The summed E-state index contributed by atoms with van der Waals surface area (Å²) in [6.07, 6.45) is 3.34. The highest BCUT2D eigenvalue weighted by Crippen LogP contribution is 2.23. The molecule has 0 saturated carbocycles. The maximum Gasteiger partial charge on any atom is 0.0373 e. The van der Waals surface area contributed by atoms with E-state index in [-0.39, 0.29) is 0 Å². The van der Waals surface area contributed by atoms with Gasteiger partial charge in [-0.05, 0) is 36.9 Å². The third-order valence-corrected chi connectivity index (χ3v) is 3.60. The van der Waals surface area contributed by atoms with Crippen LogP contribution in [0.15, 0.2) is 18.2 Å². The standard InChI is InChI=1S/C13H20N2S/c1-15(7-8-16-2)10-11-3-4-13-12(9-11)5-6-14-13/h3-4,9,14H,5-8,10H2,1-2H3. The topological polar surface area (TPSA) is 15.3 Å². The molecule has 88 valence electrons. The predicted octanol–water partition coefficient (Wildman–Crippen LogP) is 2.45. The number of nitrogens with zero attached hydrogens (tertiary/aromatic N) is 1. The summed E-state index contributed by atoms with van der Waals surface area (Å²) in [6, 6.07) is 6.82. The van der Waals surface area contributed by atoms with Gasteiger partial charge in [0.05, 0.1) is 0 Å². The highest BCUT2D eigenvalue weighted by Gasteiger charge is 2.10. The van der Waals surface area contributed by atoms with Crippen LogP contribution in [0.4, 0.5) is 5.69 Å². The summed E-state index contributed by atoms with van der Waals surface area (Å²) in [7, 11) is 2.20. The molecule has 0 spiro atoms. The Balaban J connectivity index is 1.94. The van der Waals surface area contributed by atoms with Crippen LogP contribution >= 0.6 is 11.8 Å². The first-order chi connectivity index (χ1) is 7.79. The fourth-order valence-electron chi connectivity index (χ4n) is 2.09. The van der Waals surface area contributed by atoms with Crippen LogP contribution in [0.25, 0.3) is 0 Å². The van der Waals surface area contributed by atoms with Crippen molar-refractivity contribution >= 4 is 17.4 Å². The molecule has 0 fully saturated rings. The van der Waals surface area contributed by atoms with Crippen LogP contribution in [-0.2, 0) is 13.0 Å². The molecule has 2 rings (SSSR count). The highest BCUT2D eigenvalue weighted by atomic mass is 32.2. The summed E-state index contributed by atoms with van der Waals surface area (Å²) in [4.78, 5) is 2.39. The average Bonchev–Trinajstić information content (AvgIpc) is 2.73. The summed E-state index contributed by atoms with van der Waals surface area (Å²) in [5.74, 6) is 1.21. The van der Waals surface area contributed by atoms with Crippen molar-refractivity contribution in [2.45, 2.75) is 13.0 Å². The van der Waals surface area contributed by atoms with Gasteiger partial charge < -0.3 is 10.2 Å². The number of hydrogen-bond donors (Lipinski definition) is 1. The Labute approximate surface area is 102 Å². The lowest BCUT2D eigenvalue weighted by Gasteiger charge is -2.16. The Morgan fingerprint density at radius 2 is 2.31 bits per heavy atom. The van der Waals surface area contributed by atoms with E-state index in [1.54, 1.807) is 0 Å². The summed E-state index contributed by atoms with van der Waals surface area (Å²) in [6.45, 7) is 3.32. The summed E-state index contributed by atoms with van der Waals surface area (Å²) >= 11 is 1.91. The average molecular weight is 236 g/mol. The van der Waals surface area contributed by atoms with Crippen LogP contribution < -0.4 is 5.32 Å². The van der Waals surface area contributed by atoms with E-state index in [0.29, 0.717) is 0 Å². The minimum absolute atomic E-state index is 1.06. The first kappa shape index (κ1) is 11.8. The predicted molar refractivity (Wildman–Crippen MR) is 73.4 cm³/mol. The summed E-state index contributed by atoms with van der Waals surface area (Å²) in [5, 5.41) is 3.40. The molecular formula is C13H20N2S. The van der Waals surface area contributed by atoms with E-state index in [1.807, 2.05) is 11.8 Å². The molecule has 1 aliphatic rings. The van der Waals surface area contributed by atoms with Gasteiger partial charge >= 0.3 is 0 Å². The van der Waals surface area contributed by atoms with Gasteiger partial charge in [0.1, 0.15) is 0 Å². The second kappa shape index (κ2) is 5.60. The molecule has 0 unspecified atom stereocenters. The number of thioether (sulfide) groups is 1. The molecule has 0 atom stereocenters. The van der Waals surface area contributed by atoms with Gasteiger partial charge in [-0.3, -0.25) is 0 Å². The van der Waals surface area contributed by atoms with Crippen LogP contribution in [0.5, 0.6) is 0 Å². The van der Waals surface area contributed by atoms with Gasteiger partial charge in [0.25, 0.3) is 0 Å². The first-order valence-electron chi connectivity index (χ1n) is 5.83. The number of anilines is 1. The molecule has 0 saturated heterocycles. The normalized spacial score (nSPS) is 13.9. The minimum atomic E-state index is 1.06. The SMILES string of the molecule is CSCCN(C)Cc1ccc2c(c1)CCN2. The lowest BCUT2D eigenvalue weighted by Crippen LogP contribution is -2.20. The first-order valence-corrected chi connectivity index (χ1v) is 7.22. The van der Waals surface area contributed by atoms with Gasteiger partial charge in [-0.15, -0.1) is 0 Å². The number of hydrogen-bond acceptors (Lipinski definition) is 3. The molecule has 1 aromatic carbocycles. The lowest BCUT2D eigenvalue weighted by atomic mass is 10.1. The van der Waals surface area contributed by atoms with E-state index in [0.717, 1.165) is 19.6 Å². The van der Waals surface area contributed by atoms with E-state index >= 15 is 0 Å². The molecule has 0 aromatic heterocycles. The van der Waals surface area contributed by atoms with Gasteiger partial charge in [0.15, 0.2) is 0 Å². The number of fused-ring (bicyclic) bond motifs is 1. The fraction of sp³-hybridized carbons (Fsp3) is 0.538. The van der Waals surface area contributed by atoms with Crippen molar-refractivity contribution in [1.82, 2.24) is 4.90 Å². The molecule has 0 aliphatic carbocycles. The van der Waals surface area contributed by atoms with Crippen LogP contribution in [-0.4, -0.2) is 37.0 Å². The lowest BCUT2D eigenvalue weighted by molar-refractivity contribution is 0.349. The molecule has 16 heavy (non-hydrogen) atoms. The smallest absolute Gasteiger partial charge is 0.0373 e. The largest absolute Gasteiger partial charge is 0.384 e. The maximum absolute atomic E-state index is 3.40. The van der Waals surface area contributed by atoms with Gasteiger partial charge in [0.2, 0.25) is 0 Å². The fourth-order valence-corrected chi connectivity index (χ4v) is 2.59. The molecule has 1 aliphatic heterocycles. The Hall–Kier alpha value is -0.670. The van der Waals surface area contributed by atoms with Crippen molar-refractivity contribution in [3.8, 4) is 0 Å². The monoisotopic (exact) mass is 236 g/mol. The van der Waals surface area contributed by atoms with Crippen molar-refractivity contribution in [3.63, 3.8) is 0 Å². The van der Waals surface area contributed by atoms with E-state index in [4.69, 9.17) is 0 Å². The Bertz CT molecular complexity index is 352. The molecule has 1 aromatic rings. The molecule has 1 N–H and O–H groups in total. The van der Waals surface area contributed by atoms with Gasteiger partial charge in [-0.2, -0.15) is 11.8 Å². The molecule has 1 heterocycles. The molecule has 0 bridgehead atoms. The van der Waals surface area contributed by atoms with Crippen LogP contribution in [0.3, 0.4) is 0 Å². The second-order valence-corrected chi connectivity index (χ2v) is 5.38. The van der Waals surface area contributed by atoms with E-state index in [1.165, 1.54) is 29.0 Å². The number of rotatable bonds is 5. The zero-order valence-corrected chi connectivity index (χ0v) is 10.9. The van der Waals surface area contributed by atoms with Gasteiger partial charge in [0, 0.05) is 31.1 Å². The second-order valence-electron chi connectivity index (χ2n) is 4.40. The van der Waals surface area contributed by atoms with Crippen molar-refractivity contribution in [2.75, 3.05) is 37.5 Å². The minimum Gasteiger partial charge on any atom is -0.384 e. The molecule has 0 amide bonds. The van der Waals surface area contributed by atoms with E-state index in [9.17, 15) is 0 Å². The molecular weight excluding hydrogens is 216 g/mol. The molecule has 0 radical (unpaired) electrons. The molecule has 2 nitrogen and oxygen atoms in total. The quantitative estimate of drug-likeness (QED) is 0.845. The van der Waals surface area contributed by atoms with E-state index < -0.39 is 0 Å². The maximum atomic E-state index is 3.40. The zero-order chi connectivity index (χ0) is 11.4. The van der Waals surface area contributed by atoms with Crippen molar-refractivity contribution in [3.05, 3.63) is 29.3 Å². The van der Waals surface area contributed by atoms with E-state index in [2.05, 4.69) is 41.7 Å². The summed E-state index contributed by atoms with van der Waals surface area (Å²) in [5.41, 5.74) is 4.25. The molecule has 3 heteroatoms. The Morgan fingerprint density at radius 1 is 1.44 bits per heavy atom. The van der Waals surface area contributed by atoms with Crippen molar-refractivity contribution in [2.24, 2.45) is 0 Å². The number of benzene rings is 1. The van der Waals surface area contributed by atoms with Crippen LogP contribution in [0, 0.1) is 0 Å². The van der Waals surface area contributed by atoms with Crippen LogP contribution in [0.1, 0.15) is 11.1 Å².